The Morgan fingerprint density at radius 2 is 1.59 bits per heavy atom. The fraction of sp³-hybridized carbons (Fsp3) is 0.483. The van der Waals surface area contributed by atoms with E-state index in [0.717, 1.165) is 5.56 Å². The minimum absolute atomic E-state index is 0.0393. The monoisotopic (exact) mass is 460 g/mol. The van der Waals surface area contributed by atoms with Gasteiger partial charge in [0.2, 0.25) is 11.8 Å². The van der Waals surface area contributed by atoms with Crippen LogP contribution in [0.2, 0.25) is 0 Å². The number of hydrogen-bond donors (Lipinski definition) is 2. The molecule has 5 nitrogen and oxygen atoms in total. The molecule has 1 saturated carbocycles. The Balaban J connectivity index is 1.42. The first-order valence-corrected chi connectivity index (χ1v) is 12.4. The highest BCUT2D eigenvalue weighted by molar-refractivity contribution is 6.27. The van der Waals surface area contributed by atoms with Crippen molar-refractivity contribution < 1.29 is 14.4 Å². The maximum Gasteiger partial charge on any atom is 0.244 e. The van der Waals surface area contributed by atoms with E-state index in [-0.39, 0.29) is 11.2 Å². The second-order valence-corrected chi connectivity index (χ2v) is 11.2. The van der Waals surface area contributed by atoms with Crippen LogP contribution in [0.15, 0.2) is 48.5 Å². The first-order valence-electron chi connectivity index (χ1n) is 12.4. The Morgan fingerprint density at radius 1 is 0.971 bits per heavy atom. The molecule has 0 bridgehead atoms. The van der Waals surface area contributed by atoms with Crippen molar-refractivity contribution in [3.05, 3.63) is 65.2 Å². The Bertz CT molecular complexity index is 1060. The highest BCUT2D eigenvalue weighted by Crippen LogP contribution is 2.33. The molecule has 2 amide bonds. The van der Waals surface area contributed by atoms with E-state index in [1.165, 1.54) is 43.2 Å². The number of rotatable bonds is 5. The van der Waals surface area contributed by atoms with Crippen LogP contribution in [-0.2, 0) is 26.2 Å². The van der Waals surface area contributed by atoms with Crippen molar-refractivity contribution in [3.63, 3.8) is 0 Å². The molecule has 1 aliphatic heterocycles. The zero-order chi connectivity index (χ0) is 24.5. The first kappa shape index (κ1) is 24.2. The molecule has 34 heavy (non-hydrogen) atoms. The van der Waals surface area contributed by atoms with Crippen molar-refractivity contribution in [1.29, 1.82) is 0 Å². The van der Waals surface area contributed by atoms with Gasteiger partial charge in [0.1, 0.15) is 5.54 Å². The number of hydrogen-bond acceptors (Lipinski definition) is 3. The van der Waals surface area contributed by atoms with Crippen molar-refractivity contribution in [2.24, 2.45) is 5.92 Å². The number of nitrogens with one attached hydrogen (secondary N) is 2. The van der Waals surface area contributed by atoms with E-state index in [1.807, 2.05) is 36.4 Å². The van der Waals surface area contributed by atoms with Crippen LogP contribution in [0.3, 0.4) is 0 Å². The lowest BCUT2D eigenvalue weighted by Gasteiger charge is -2.24. The van der Waals surface area contributed by atoms with Crippen molar-refractivity contribution in [2.75, 3.05) is 5.32 Å². The van der Waals surface area contributed by atoms with Gasteiger partial charge in [-0.1, -0.05) is 76.4 Å². The largest absolute Gasteiger partial charge is 0.342 e. The zero-order valence-corrected chi connectivity index (χ0v) is 20.7. The number of carbonyl (C=O) groups is 3. The second-order valence-electron chi connectivity index (χ2n) is 11.2. The average Bonchev–Trinajstić information content (AvgIpc) is 3.02. The normalized spacial score (nSPS) is 23.6. The highest BCUT2D eigenvalue weighted by atomic mass is 16.2. The smallest absolute Gasteiger partial charge is 0.244 e. The molecule has 2 atom stereocenters. The fourth-order valence-electron chi connectivity index (χ4n) is 5.23. The van der Waals surface area contributed by atoms with E-state index < -0.39 is 23.3 Å². The Labute approximate surface area is 202 Å². The van der Waals surface area contributed by atoms with E-state index >= 15 is 0 Å². The van der Waals surface area contributed by atoms with Crippen LogP contribution >= 0.6 is 0 Å². The van der Waals surface area contributed by atoms with Gasteiger partial charge in [-0.3, -0.25) is 14.4 Å². The maximum absolute atomic E-state index is 13.2. The molecule has 5 heteroatoms. The lowest BCUT2D eigenvalue weighted by atomic mass is 9.83. The van der Waals surface area contributed by atoms with Crippen molar-refractivity contribution >= 4 is 23.3 Å². The van der Waals surface area contributed by atoms with E-state index in [0.29, 0.717) is 18.0 Å². The van der Waals surface area contributed by atoms with Crippen LogP contribution < -0.4 is 10.6 Å². The number of anilines is 1. The minimum Gasteiger partial charge on any atom is -0.342 e. The molecule has 4 rings (SSSR count). The third-order valence-corrected chi connectivity index (χ3v) is 7.36. The first-order chi connectivity index (χ1) is 16.1. The van der Waals surface area contributed by atoms with Gasteiger partial charge in [-0.25, -0.2) is 0 Å². The number of carbonyl (C=O) groups excluding carboxylic acids is 3. The summed E-state index contributed by atoms with van der Waals surface area (Å²) in [6.45, 7) is 8.15. The van der Waals surface area contributed by atoms with Gasteiger partial charge in [0.25, 0.3) is 0 Å². The topological polar surface area (TPSA) is 75.3 Å². The lowest BCUT2D eigenvalue weighted by Crippen LogP contribution is -2.45. The quantitative estimate of drug-likeness (QED) is 0.596. The van der Waals surface area contributed by atoms with Crippen molar-refractivity contribution in [1.82, 2.24) is 5.32 Å². The lowest BCUT2D eigenvalue weighted by molar-refractivity contribution is -0.135. The molecule has 2 aromatic carbocycles. The van der Waals surface area contributed by atoms with Crippen molar-refractivity contribution in [2.45, 2.75) is 83.1 Å². The average molecular weight is 461 g/mol. The predicted molar refractivity (Wildman–Crippen MR) is 135 cm³/mol. The van der Waals surface area contributed by atoms with E-state index in [9.17, 15) is 14.4 Å². The molecule has 0 radical (unpaired) electrons. The van der Waals surface area contributed by atoms with Gasteiger partial charge in [-0.15, -0.1) is 0 Å². The molecule has 2 aromatic rings. The van der Waals surface area contributed by atoms with Gasteiger partial charge in [-0.2, -0.15) is 0 Å². The minimum atomic E-state index is -1.34. The highest BCUT2D eigenvalue weighted by Gasteiger charge is 2.52. The van der Waals surface area contributed by atoms with Crippen LogP contribution in [0.25, 0.3) is 0 Å². The number of benzene rings is 2. The SMILES string of the molecule is CC1(Cc2ccc(C(C)(C)C)cc2)NC(=O)C(C(=O)Nc2ccc(C3CCCCC3)cc2)C1=O. The molecule has 2 N–H and O–H groups in total. The summed E-state index contributed by atoms with van der Waals surface area (Å²) in [6.07, 6.45) is 6.61. The summed E-state index contributed by atoms with van der Waals surface area (Å²) in [4.78, 5) is 38.8. The van der Waals surface area contributed by atoms with Crippen LogP contribution in [0.1, 0.15) is 82.4 Å². The molecule has 1 aliphatic carbocycles. The molecule has 1 heterocycles. The predicted octanol–water partition coefficient (Wildman–Crippen LogP) is 5.29. The van der Waals surface area contributed by atoms with Gasteiger partial charge in [0.15, 0.2) is 11.7 Å². The molecule has 2 unspecified atom stereocenters. The van der Waals surface area contributed by atoms with Crippen molar-refractivity contribution in [3.8, 4) is 0 Å². The maximum atomic E-state index is 13.2. The molecule has 0 spiro atoms. The Kier molecular flexibility index (Phi) is 6.66. The van der Waals surface area contributed by atoms with E-state index in [1.54, 1.807) is 6.92 Å². The zero-order valence-electron chi connectivity index (χ0n) is 20.7. The van der Waals surface area contributed by atoms with E-state index in [4.69, 9.17) is 0 Å². The van der Waals surface area contributed by atoms with Gasteiger partial charge in [0, 0.05) is 12.1 Å². The summed E-state index contributed by atoms with van der Waals surface area (Å²) in [5.74, 6) is -2.24. The molecule has 2 aliphatic rings. The van der Waals surface area contributed by atoms with Crippen LogP contribution in [-0.4, -0.2) is 23.1 Å². The number of Topliss-reactive ketones (excluding diaryl/α,β-unsaturated/α-hetero) is 1. The molecule has 1 saturated heterocycles. The number of ketones is 1. The van der Waals surface area contributed by atoms with Crippen LogP contribution in [0, 0.1) is 5.92 Å². The molecule has 2 fully saturated rings. The molecular weight excluding hydrogens is 424 g/mol. The molecular formula is C29H36N2O3. The Morgan fingerprint density at radius 3 is 2.18 bits per heavy atom. The van der Waals surface area contributed by atoms with Crippen LogP contribution in [0.4, 0.5) is 5.69 Å². The summed E-state index contributed by atoms with van der Waals surface area (Å²) in [6, 6.07) is 15.9. The third-order valence-electron chi connectivity index (χ3n) is 7.36. The summed E-state index contributed by atoms with van der Waals surface area (Å²) in [5.41, 5.74) is 2.98. The summed E-state index contributed by atoms with van der Waals surface area (Å²) in [5, 5.41) is 5.57. The van der Waals surface area contributed by atoms with Gasteiger partial charge < -0.3 is 10.6 Å². The fourth-order valence-corrected chi connectivity index (χ4v) is 5.23. The second kappa shape index (κ2) is 9.36. The summed E-state index contributed by atoms with van der Waals surface area (Å²) in [7, 11) is 0. The summed E-state index contributed by atoms with van der Waals surface area (Å²) < 4.78 is 0. The number of amides is 2. The van der Waals surface area contributed by atoms with Crippen LogP contribution in [0.5, 0.6) is 0 Å². The Hall–Kier alpha value is -2.95. The standard InChI is InChI=1S/C29H36N2O3/c1-28(2,3)22-14-10-19(11-15-22)18-29(4)25(32)24(27(34)31-29)26(33)30-23-16-12-21(13-17-23)20-8-6-5-7-9-20/h10-17,20,24H,5-9,18H2,1-4H3,(H,30,33)(H,31,34). The van der Waals surface area contributed by atoms with Gasteiger partial charge in [-0.05, 0) is 59.9 Å². The van der Waals surface area contributed by atoms with Gasteiger partial charge in [0.05, 0.1) is 0 Å². The summed E-state index contributed by atoms with van der Waals surface area (Å²) >= 11 is 0. The third kappa shape index (κ3) is 5.08. The van der Waals surface area contributed by atoms with Gasteiger partial charge >= 0.3 is 0 Å². The molecule has 0 aromatic heterocycles. The van der Waals surface area contributed by atoms with E-state index in [2.05, 4.69) is 43.5 Å². The molecule has 180 valence electrons.